The average molecular weight is 238 g/mol. The number of hydrogen-bond acceptors (Lipinski definition) is 2. The van der Waals surface area contributed by atoms with E-state index in [0.29, 0.717) is 5.65 Å². The molecule has 1 N–H and O–H groups in total. The first-order valence-electron chi connectivity index (χ1n) is 3.75. The van der Waals surface area contributed by atoms with Crippen LogP contribution in [0.2, 0.25) is 0 Å². The molecule has 0 amide bonds. The van der Waals surface area contributed by atoms with Gasteiger partial charge in [-0.2, -0.15) is 0 Å². The van der Waals surface area contributed by atoms with Gasteiger partial charge in [-0.05, 0) is 28.1 Å². The Balaban J connectivity index is 2.81. The topological polar surface area (TPSA) is 50.2 Å². The first kappa shape index (κ1) is 7.08. The quantitative estimate of drug-likeness (QED) is 0.643. The molecule has 5 heteroatoms. The van der Waals surface area contributed by atoms with Crippen molar-refractivity contribution in [1.29, 1.82) is 0 Å². The number of aromatic amines is 1. The summed E-state index contributed by atoms with van der Waals surface area (Å²) in [5.41, 5.74) is 1.99. The van der Waals surface area contributed by atoms with Gasteiger partial charge in [0, 0.05) is 4.47 Å². The van der Waals surface area contributed by atoms with Gasteiger partial charge in [-0.25, -0.2) is 4.98 Å². The molecule has 0 spiro atoms. The van der Waals surface area contributed by atoms with E-state index in [4.69, 9.17) is 0 Å². The third-order valence-corrected chi connectivity index (χ3v) is 2.75. The van der Waals surface area contributed by atoms with E-state index in [1.165, 1.54) is 0 Å². The van der Waals surface area contributed by atoms with Crippen LogP contribution in [0.25, 0.3) is 16.8 Å². The number of nitrogens with one attached hydrogen (secondary N) is 1. The van der Waals surface area contributed by atoms with Crippen molar-refractivity contribution in [3.05, 3.63) is 33.2 Å². The lowest BCUT2D eigenvalue weighted by Crippen LogP contribution is -1.97. The highest BCUT2D eigenvalue weighted by molar-refractivity contribution is 9.10. The number of rotatable bonds is 0. The van der Waals surface area contributed by atoms with Crippen molar-refractivity contribution < 1.29 is 0 Å². The van der Waals surface area contributed by atoms with Crippen LogP contribution >= 0.6 is 15.9 Å². The first-order valence-corrected chi connectivity index (χ1v) is 4.54. The van der Waals surface area contributed by atoms with E-state index < -0.39 is 0 Å². The molecule has 0 aromatic carbocycles. The summed E-state index contributed by atoms with van der Waals surface area (Å²) >= 11 is 3.39. The lowest BCUT2D eigenvalue weighted by Gasteiger charge is -1.94. The SMILES string of the molecule is O=c1[nH]c2ccc(Br)c3cnc1n23. The second kappa shape index (κ2) is 2.11. The summed E-state index contributed by atoms with van der Waals surface area (Å²) in [6.07, 6.45) is 1.68. The van der Waals surface area contributed by atoms with E-state index in [-0.39, 0.29) is 5.56 Å². The molecule has 3 heterocycles. The van der Waals surface area contributed by atoms with Crippen LogP contribution in [0.3, 0.4) is 0 Å². The van der Waals surface area contributed by atoms with Gasteiger partial charge in [-0.3, -0.25) is 9.20 Å². The first-order chi connectivity index (χ1) is 6.27. The van der Waals surface area contributed by atoms with Crippen LogP contribution in [0, 0.1) is 0 Å². The van der Waals surface area contributed by atoms with Crippen molar-refractivity contribution in [2.45, 2.75) is 0 Å². The molecule has 4 nitrogen and oxygen atoms in total. The number of pyridine rings is 1. The number of hydrogen-bond donors (Lipinski definition) is 1. The van der Waals surface area contributed by atoms with Gasteiger partial charge in [0.15, 0.2) is 0 Å². The average Bonchev–Trinajstić information content (AvgIpc) is 2.64. The van der Waals surface area contributed by atoms with Crippen molar-refractivity contribution >= 4 is 32.7 Å². The van der Waals surface area contributed by atoms with Crippen LogP contribution in [0.4, 0.5) is 0 Å². The molecule has 64 valence electrons. The second-order valence-electron chi connectivity index (χ2n) is 2.82. The number of nitrogens with zero attached hydrogens (tertiary/aromatic N) is 2. The Hall–Kier alpha value is -1.36. The minimum atomic E-state index is -0.145. The monoisotopic (exact) mass is 237 g/mol. The maximum Gasteiger partial charge on any atom is 0.293 e. The Morgan fingerprint density at radius 2 is 2.31 bits per heavy atom. The maximum absolute atomic E-state index is 11.3. The van der Waals surface area contributed by atoms with Gasteiger partial charge in [0.2, 0.25) is 5.65 Å². The normalized spacial score (nSPS) is 11.8. The molecule has 0 saturated heterocycles. The lowest BCUT2D eigenvalue weighted by molar-refractivity contribution is 1.28. The van der Waals surface area contributed by atoms with E-state index in [0.717, 1.165) is 15.6 Å². The van der Waals surface area contributed by atoms with Crippen LogP contribution in [0.1, 0.15) is 0 Å². The molecule has 13 heavy (non-hydrogen) atoms. The zero-order valence-corrected chi connectivity index (χ0v) is 8.00. The molecule has 0 aliphatic heterocycles. The molecule has 0 unspecified atom stereocenters. The van der Waals surface area contributed by atoms with E-state index in [1.54, 1.807) is 10.6 Å². The standard InChI is InChI=1S/C8H4BrN3O/c9-4-1-2-6-11-8(13)7-10-3-5(4)12(6)7/h1-3H,(H,11,13). The van der Waals surface area contributed by atoms with Crippen molar-refractivity contribution in [2.75, 3.05) is 0 Å². The highest BCUT2D eigenvalue weighted by Gasteiger charge is 2.10. The van der Waals surface area contributed by atoms with Crippen molar-refractivity contribution in [1.82, 2.24) is 14.4 Å². The molecule has 0 fully saturated rings. The van der Waals surface area contributed by atoms with Crippen LogP contribution in [0.5, 0.6) is 0 Å². The molecular weight excluding hydrogens is 234 g/mol. The fourth-order valence-corrected chi connectivity index (χ4v) is 1.92. The molecule has 0 bridgehead atoms. The van der Waals surface area contributed by atoms with Gasteiger partial charge in [0.1, 0.15) is 5.65 Å². The number of halogens is 1. The molecule has 3 aromatic heterocycles. The molecule has 0 saturated carbocycles. The van der Waals surface area contributed by atoms with Crippen molar-refractivity contribution in [3.8, 4) is 0 Å². The van der Waals surface area contributed by atoms with Crippen LogP contribution in [0.15, 0.2) is 27.6 Å². The molecule has 0 aliphatic carbocycles. The number of imidazole rings is 2. The molecule has 0 radical (unpaired) electrons. The Kier molecular flexibility index (Phi) is 1.15. The minimum absolute atomic E-state index is 0.145. The molecule has 3 aromatic rings. The predicted octanol–water partition coefficient (Wildman–Crippen LogP) is 1.38. The summed E-state index contributed by atoms with van der Waals surface area (Å²) in [5.74, 6) is 0. The summed E-state index contributed by atoms with van der Waals surface area (Å²) < 4.78 is 2.73. The van der Waals surface area contributed by atoms with Gasteiger partial charge in [0.25, 0.3) is 5.56 Å². The Bertz CT molecular complexity index is 639. The summed E-state index contributed by atoms with van der Waals surface area (Å²) in [6, 6.07) is 3.73. The predicted molar refractivity (Wildman–Crippen MR) is 52.2 cm³/mol. The highest BCUT2D eigenvalue weighted by Crippen LogP contribution is 2.20. The number of H-pyrrole nitrogens is 1. The maximum atomic E-state index is 11.3. The number of aromatic nitrogens is 3. The third-order valence-electron chi connectivity index (χ3n) is 2.08. The lowest BCUT2D eigenvalue weighted by atomic mass is 10.4. The van der Waals surface area contributed by atoms with Gasteiger partial charge in [-0.15, -0.1) is 0 Å². The van der Waals surface area contributed by atoms with E-state index >= 15 is 0 Å². The van der Waals surface area contributed by atoms with E-state index in [9.17, 15) is 4.79 Å². The second-order valence-corrected chi connectivity index (χ2v) is 3.68. The zero-order chi connectivity index (χ0) is 9.00. The van der Waals surface area contributed by atoms with Crippen LogP contribution < -0.4 is 5.56 Å². The van der Waals surface area contributed by atoms with Gasteiger partial charge in [0.05, 0.1) is 11.7 Å². The summed E-state index contributed by atoms with van der Waals surface area (Å²) in [7, 11) is 0. The zero-order valence-electron chi connectivity index (χ0n) is 6.41. The molecule has 0 atom stereocenters. The van der Waals surface area contributed by atoms with Gasteiger partial charge in [-0.1, -0.05) is 0 Å². The summed E-state index contributed by atoms with van der Waals surface area (Å²) in [4.78, 5) is 18.1. The van der Waals surface area contributed by atoms with Crippen molar-refractivity contribution in [3.63, 3.8) is 0 Å². The molecular formula is C8H4BrN3O. The van der Waals surface area contributed by atoms with Gasteiger partial charge < -0.3 is 4.98 Å². The van der Waals surface area contributed by atoms with E-state index in [1.807, 2.05) is 12.1 Å². The summed E-state index contributed by atoms with van der Waals surface area (Å²) in [6.45, 7) is 0. The fraction of sp³-hybridized carbons (Fsp3) is 0. The largest absolute Gasteiger partial charge is 0.305 e. The Labute approximate surface area is 80.7 Å². The Morgan fingerprint density at radius 3 is 3.15 bits per heavy atom. The molecule has 0 aliphatic rings. The van der Waals surface area contributed by atoms with Crippen molar-refractivity contribution in [2.24, 2.45) is 0 Å². The fourth-order valence-electron chi connectivity index (χ4n) is 1.51. The third kappa shape index (κ3) is 0.746. The van der Waals surface area contributed by atoms with Crippen LogP contribution in [-0.4, -0.2) is 14.4 Å². The highest BCUT2D eigenvalue weighted by atomic mass is 79.9. The Morgan fingerprint density at radius 1 is 1.46 bits per heavy atom. The molecule has 3 rings (SSSR count). The smallest absolute Gasteiger partial charge is 0.293 e. The van der Waals surface area contributed by atoms with Gasteiger partial charge >= 0.3 is 0 Å². The minimum Gasteiger partial charge on any atom is -0.305 e. The summed E-state index contributed by atoms with van der Waals surface area (Å²) in [5, 5.41) is 0. The van der Waals surface area contributed by atoms with Crippen LogP contribution in [-0.2, 0) is 0 Å². The van der Waals surface area contributed by atoms with E-state index in [2.05, 4.69) is 25.9 Å².